The topological polar surface area (TPSA) is 12.5 Å². The summed E-state index contributed by atoms with van der Waals surface area (Å²) in [5.74, 6) is 0.328. The SMILES string of the molecule is ClC12OC1(Cl)C1(Cl)CC1(Cl)C1(Cl)C2=CCC2CC21Cl. The maximum atomic E-state index is 6.97. The predicted molar refractivity (Wildman–Crippen MR) is 78.0 cm³/mol. The Morgan fingerprint density at radius 2 is 1.74 bits per heavy atom. The Hall–Kier alpha value is 1.44. The summed E-state index contributed by atoms with van der Waals surface area (Å²) in [6.45, 7) is 0. The molecule has 7 heteroatoms. The van der Waals surface area contributed by atoms with Gasteiger partial charge in [0.05, 0.1) is 9.75 Å². The van der Waals surface area contributed by atoms with Gasteiger partial charge in [0.1, 0.15) is 9.75 Å². The van der Waals surface area contributed by atoms with Crippen molar-refractivity contribution in [3.8, 4) is 0 Å². The lowest BCUT2D eigenvalue weighted by Crippen LogP contribution is -2.61. The Bertz CT molecular complexity index is 595. The number of alkyl halides is 6. The third-order valence-corrected chi connectivity index (χ3v) is 10.4. The summed E-state index contributed by atoms with van der Waals surface area (Å²) in [4.78, 5) is -3.42. The van der Waals surface area contributed by atoms with Gasteiger partial charge in [0.2, 0.25) is 10.1 Å². The maximum Gasteiger partial charge on any atom is 0.212 e. The highest BCUT2D eigenvalue weighted by molar-refractivity contribution is 6.56. The summed E-state index contributed by atoms with van der Waals surface area (Å²) in [5, 5.41) is -2.34. The Morgan fingerprint density at radius 1 is 1.05 bits per heavy atom. The minimum absolute atomic E-state index is 0.328. The normalized spacial score (nSPS) is 75.1. The minimum atomic E-state index is -1.18. The van der Waals surface area contributed by atoms with Crippen LogP contribution in [0.15, 0.2) is 11.6 Å². The van der Waals surface area contributed by atoms with Crippen molar-refractivity contribution in [1.82, 2.24) is 0 Å². The molecule has 7 atom stereocenters. The van der Waals surface area contributed by atoms with Crippen LogP contribution in [0.4, 0.5) is 0 Å². The van der Waals surface area contributed by atoms with Crippen molar-refractivity contribution in [1.29, 1.82) is 0 Å². The molecule has 0 amide bonds. The van der Waals surface area contributed by atoms with E-state index in [1.165, 1.54) is 0 Å². The molecule has 1 heterocycles. The van der Waals surface area contributed by atoms with Gasteiger partial charge in [-0.3, -0.25) is 0 Å². The quantitative estimate of drug-likeness (QED) is 0.341. The monoisotopic (exact) mass is 378 g/mol. The van der Waals surface area contributed by atoms with E-state index in [2.05, 4.69) is 0 Å². The van der Waals surface area contributed by atoms with Crippen LogP contribution < -0.4 is 0 Å². The Balaban J connectivity index is 1.82. The highest BCUT2D eigenvalue weighted by Gasteiger charge is 3.02. The molecule has 5 aliphatic rings. The van der Waals surface area contributed by atoms with E-state index >= 15 is 0 Å². The summed E-state index contributed by atoms with van der Waals surface area (Å²) in [6, 6.07) is 0. The van der Waals surface area contributed by atoms with Crippen LogP contribution in [-0.2, 0) is 4.74 Å². The number of hydrogen-bond donors (Lipinski definition) is 0. The van der Waals surface area contributed by atoms with E-state index in [0.29, 0.717) is 17.9 Å². The Morgan fingerprint density at radius 3 is 2.42 bits per heavy atom. The van der Waals surface area contributed by atoms with E-state index in [9.17, 15) is 0 Å². The molecule has 4 aliphatic carbocycles. The fraction of sp³-hybridized carbons (Fsp3) is 0.833. The first-order valence-electron chi connectivity index (χ1n) is 6.15. The van der Waals surface area contributed by atoms with Crippen LogP contribution in [0.5, 0.6) is 0 Å². The van der Waals surface area contributed by atoms with Gasteiger partial charge < -0.3 is 4.74 Å². The number of fused-ring (bicyclic) bond motifs is 8. The van der Waals surface area contributed by atoms with Gasteiger partial charge in [-0.15, -0.1) is 46.4 Å². The largest absolute Gasteiger partial charge is 0.323 e. The van der Waals surface area contributed by atoms with Gasteiger partial charge in [-0.2, -0.15) is 0 Å². The molecule has 0 bridgehead atoms. The molecule has 1 saturated heterocycles. The van der Waals surface area contributed by atoms with Crippen molar-refractivity contribution in [2.75, 3.05) is 0 Å². The zero-order valence-electron chi connectivity index (χ0n) is 9.45. The molecule has 0 aromatic heterocycles. The standard InChI is InChI=1S/C12H8Cl6O/c13-7-3-5(7)1-2-6-10(7,16)8(14)4-9(8,15)12(18)11(6,17)19-12/h2,5H,1,3-4H2. The highest BCUT2D eigenvalue weighted by Crippen LogP contribution is 2.91. The van der Waals surface area contributed by atoms with Gasteiger partial charge in [-0.25, -0.2) is 0 Å². The van der Waals surface area contributed by atoms with Gasteiger partial charge in [-0.1, -0.05) is 29.3 Å². The van der Waals surface area contributed by atoms with Crippen molar-refractivity contribution in [2.45, 2.75) is 48.9 Å². The number of hydrogen-bond acceptors (Lipinski definition) is 1. The van der Waals surface area contributed by atoms with Crippen molar-refractivity contribution in [3.63, 3.8) is 0 Å². The molecule has 0 N–H and O–H groups in total. The molecule has 3 saturated carbocycles. The molecule has 19 heavy (non-hydrogen) atoms. The first-order chi connectivity index (χ1) is 8.61. The van der Waals surface area contributed by atoms with Gasteiger partial charge >= 0.3 is 0 Å². The first-order valence-corrected chi connectivity index (χ1v) is 8.42. The molecular weight excluding hydrogens is 373 g/mol. The fourth-order valence-electron chi connectivity index (χ4n) is 4.30. The summed E-state index contributed by atoms with van der Waals surface area (Å²) in [7, 11) is 0. The molecule has 1 aliphatic heterocycles. The Labute approximate surface area is 140 Å². The van der Waals surface area contributed by atoms with Crippen molar-refractivity contribution >= 4 is 69.6 Å². The molecule has 0 spiro atoms. The average Bonchev–Trinajstić information content (AvgIpc) is 3.20. The number of ether oxygens (including phenoxy) is 1. The van der Waals surface area contributed by atoms with Gasteiger partial charge in [0.25, 0.3) is 0 Å². The second kappa shape index (κ2) is 2.82. The van der Waals surface area contributed by atoms with Crippen molar-refractivity contribution in [2.24, 2.45) is 5.92 Å². The highest BCUT2D eigenvalue weighted by atomic mass is 35.5. The van der Waals surface area contributed by atoms with Crippen LogP contribution in [0.3, 0.4) is 0 Å². The first kappa shape index (κ1) is 12.9. The van der Waals surface area contributed by atoms with Crippen LogP contribution in [0.25, 0.3) is 0 Å². The second-order valence-corrected chi connectivity index (χ2v) is 9.94. The predicted octanol–water partition coefficient (Wildman–Crippen LogP) is 4.56. The maximum absolute atomic E-state index is 6.97. The minimum Gasteiger partial charge on any atom is -0.323 e. The van der Waals surface area contributed by atoms with Crippen LogP contribution in [0.1, 0.15) is 19.3 Å². The molecule has 104 valence electrons. The lowest BCUT2D eigenvalue weighted by Gasteiger charge is -2.47. The van der Waals surface area contributed by atoms with E-state index in [1.54, 1.807) is 0 Å². The summed E-state index contributed by atoms with van der Waals surface area (Å²) in [5.41, 5.74) is 0.714. The molecule has 0 radical (unpaired) electrons. The lowest BCUT2D eigenvalue weighted by atomic mass is 9.74. The smallest absolute Gasteiger partial charge is 0.212 e. The van der Waals surface area contributed by atoms with E-state index in [0.717, 1.165) is 12.8 Å². The zero-order chi connectivity index (χ0) is 13.7. The van der Waals surface area contributed by atoms with Crippen molar-refractivity contribution < 1.29 is 4.74 Å². The molecule has 7 unspecified atom stereocenters. The fourth-order valence-corrected chi connectivity index (χ4v) is 7.92. The van der Waals surface area contributed by atoms with Gasteiger partial charge in [0, 0.05) is 5.57 Å². The molecule has 0 aromatic rings. The third-order valence-electron chi connectivity index (χ3n) is 5.63. The van der Waals surface area contributed by atoms with E-state index in [1.807, 2.05) is 6.08 Å². The van der Waals surface area contributed by atoms with E-state index < -0.39 is 29.6 Å². The number of rotatable bonds is 0. The second-order valence-electron chi connectivity index (χ2n) is 6.35. The number of halogens is 6. The summed E-state index contributed by atoms with van der Waals surface area (Å²) < 4.78 is 5.62. The summed E-state index contributed by atoms with van der Waals surface area (Å²) in [6.07, 6.45) is 4.10. The van der Waals surface area contributed by atoms with Crippen LogP contribution in [-0.4, -0.2) is 29.6 Å². The third kappa shape index (κ3) is 0.914. The Kier molecular flexibility index (Phi) is 1.92. The van der Waals surface area contributed by atoms with Crippen molar-refractivity contribution in [3.05, 3.63) is 11.6 Å². The zero-order valence-corrected chi connectivity index (χ0v) is 14.0. The molecule has 0 aromatic carbocycles. The molecule has 4 fully saturated rings. The molecular formula is C12H8Cl6O. The molecule has 5 rings (SSSR count). The van der Waals surface area contributed by atoms with Crippen LogP contribution in [0.2, 0.25) is 0 Å². The number of allylic oxidation sites excluding steroid dienone is 1. The average molecular weight is 381 g/mol. The van der Waals surface area contributed by atoms with Gasteiger partial charge in [0.15, 0.2) is 0 Å². The summed E-state index contributed by atoms with van der Waals surface area (Å²) >= 11 is 40.2. The van der Waals surface area contributed by atoms with Gasteiger partial charge in [-0.05, 0) is 25.2 Å². The number of epoxide rings is 1. The van der Waals surface area contributed by atoms with Crippen LogP contribution in [0, 0.1) is 5.92 Å². The lowest BCUT2D eigenvalue weighted by molar-refractivity contribution is 0.342. The molecule has 1 nitrogen and oxygen atoms in total. The van der Waals surface area contributed by atoms with E-state index in [4.69, 9.17) is 74.3 Å². The van der Waals surface area contributed by atoms with Crippen LogP contribution >= 0.6 is 69.6 Å². The van der Waals surface area contributed by atoms with E-state index in [-0.39, 0.29) is 0 Å².